The molecule has 0 aliphatic heterocycles. The van der Waals surface area contributed by atoms with Crippen molar-refractivity contribution in [3.05, 3.63) is 36.2 Å². The van der Waals surface area contributed by atoms with Gasteiger partial charge in [0.05, 0.1) is 6.61 Å². The highest BCUT2D eigenvalue weighted by Gasteiger charge is 1.96. The summed E-state index contributed by atoms with van der Waals surface area (Å²) in [6.45, 7) is -0.0441. The van der Waals surface area contributed by atoms with Gasteiger partial charge in [-0.05, 0) is 11.6 Å². The second kappa shape index (κ2) is 3.22. The van der Waals surface area contributed by atoms with Crippen molar-refractivity contribution in [2.45, 2.75) is 0 Å². The van der Waals surface area contributed by atoms with E-state index < -0.39 is 0 Å². The van der Waals surface area contributed by atoms with Gasteiger partial charge < -0.3 is 10.2 Å². The summed E-state index contributed by atoms with van der Waals surface area (Å²) in [7, 11) is 0. The summed E-state index contributed by atoms with van der Waals surface area (Å²) in [5.41, 5.74) is 0.671. The maximum Gasteiger partial charge on any atom is 0.119 e. The zero-order valence-corrected chi connectivity index (χ0v) is 5.49. The second-order valence-corrected chi connectivity index (χ2v) is 1.95. The molecule has 0 spiro atoms. The fourth-order valence-corrected chi connectivity index (χ4v) is 0.758. The van der Waals surface area contributed by atoms with Gasteiger partial charge in [0, 0.05) is 6.42 Å². The number of hydrogen-bond acceptors (Lipinski definition) is 2. The fraction of sp³-hybridized carbons (Fsp3) is 0.125. The molecule has 1 radical (unpaired) electrons. The summed E-state index contributed by atoms with van der Waals surface area (Å²) in [5, 5.41) is 17.6. The van der Waals surface area contributed by atoms with E-state index >= 15 is 0 Å². The number of para-hydroxylation sites is 1. The number of hydrogen-bond donors (Lipinski definition) is 2. The smallest absolute Gasteiger partial charge is 0.119 e. The Morgan fingerprint density at radius 1 is 1.30 bits per heavy atom. The van der Waals surface area contributed by atoms with Gasteiger partial charge in [-0.2, -0.15) is 0 Å². The molecule has 53 valence electrons. The molecule has 0 aliphatic carbocycles. The van der Waals surface area contributed by atoms with Gasteiger partial charge in [0.25, 0.3) is 0 Å². The molecule has 0 fully saturated rings. The van der Waals surface area contributed by atoms with Crippen LogP contribution in [0.5, 0.6) is 5.75 Å². The van der Waals surface area contributed by atoms with Crippen molar-refractivity contribution in [3.8, 4) is 5.75 Å². The Bertz CT molecular complexity index is 208. The highest BCUT2D eigenvalue weighted by molar-refractivity contribution is 5.37. The van der Waals surface area contributed by atoms with E-state index in [2.05, 4.69) is 0 Å². The van der Waals surface area contributed by atoms with Gasteiger partial charge in [-0.25, -0.2) is 0 Å². The van der Waals surface area contributed by atoms with Gasteiger partial charge in [0.2, 0.25) is 0 Å². The molecular formula is C8H9O2. The first-order valence-corrected chi connectivity index (χ1v) is 3.06. The topological polar surface area (TPSA) is 40.5 Å². The Hall–Kier alpha value is -1.02. The van der Waals surface area contributed by atoms with E-state index in [1.54, 1.807) is 30.7 Å². The minimum atomic E-state index is -0.0441. The van der Waals surface area contributed by atoms with Crippen molar-refractivity contribution in [3.63, 3.8) is 0 Å². The molecule has 1 aromatic carbocycles. The summed E-state index contributed by atoms with van der Waals surface area (Å²) in [6.07, 6.45) is 1.55. The average molecular weight is 137 g/mol. The lowest BCUT2D eigenvalue weighted by atomic mass is 10.1. The molecule has 10 heavy (non-hydrogen) atoms. The molecule has 0 saturated carbocycles. The Morgan fingerprint density at radius 3 is 2.60 bits per heavy atom. The van der Waals surface area contributed by atoms with E-state index in [1.807, 2.05) is 0 Å². The normalized spacial score (nSPS) is 9.70. The summed E-state index contributed by atoms with van der Waals surface area (Å²) < 4.78 is 0. The van der Waals surface area contributed by atoms with Crippen LogP contribution in [-0.2, 0) is 0 Å². The monoisotopic (exact) mass is 137 g/mol. The largest absolute Gasteiger partial charge is 0.508 e. The summed E-state index contributed by atoms with van der Waals surface area (Å²) in [4.78, 5) is 0. The number of rotatable bonds is 2. The number of phenols is 1. The standard InChI is InChI=1S/C8H9O2/c9-6-5-7-3-1-2-4-8(7)10/h1-5,9-10H,6H2. The first-order chi connectivity index (χ1) is 4.84. The number of phenolic OH excluding ortho intramolecular Hbond substituents is 1. The molecular weight excluding hydrogens is 128 g/mol. The SMILES string of the molecule is OC[CH]c1ccccc1O. The Labute approximate surface area is 59.7 Å². The number of aromatic hydroxyl groups is 1. The van der Waals surface area contributed by atoms with E-state index in [0.29, 0.717) is 5.56 Å². The van der Waals surface area contributed by atoms with Crippen LogP contribution in [0.3, 0.4) is 0 Å². The van der Waals surface area contributed by atoms with Gasteiger partial charge >= 0.3 is 0 Å². The van der Waals surface area contributed by atoms with E-state index in [4.69, 9.17) is 10.2 Å². The molecule has 0 atom stereocenters. The molecule has 0 heterocycles. The summed E-state index contributed by atoms with van der Waals surface area (Å²) in [5.74, 6) is 0.205. The van der Waals surface area contributed by atoms with Crippen LogP contribution in [-0.4, -0.2) is 16.8 Å². The van der Waals surface area contributed by atoms with Crippen LogP contribution < -0.4 is 0 Å². The predicted octanol–water partition coefficient (Wildman–Crippen LogP) is 0.937. The lowest BCUT2D eigenvalue weighted by molar-refractivity contribution is 0.330. The van der Waals surface area contributed by atoms with Crippen molar-refractivity contribution in [2.75, 3.05) is 6.61 Å². The highest BCUT2D eigenvalue weighted by Crippen LogP contribution is 2.16. The third kappa shape index (κ3) is 1.48. The molecule has 2 heteroatoms. The van der Waals surface area contributed by atoms with Gasteiger partial charge in [0.15, 0.2) is 0 Å². The highest BCUT2D eigenvalue weighted by atomic mass is 16.3. The zero-order chi connectivity index (χ0) is 7.40. The molecule has 0 unspecified atom stereocenters. The van der Waals surface area contributed by atoms with Crippen molar-refractivity contribution < 1.29 is 10.2 Å². The lowest BCUT2D eigenvalue weighted by Crippen LogP contribution is -1.86. The predicted molar refractivity (Wildman–Crippen MR) is 38.6 cm³/mol. The lowest BCUT2D eigenvalue weighted by Gasteiger charge is -1.98. The van der Waals surface area contributed by atoms with Crippen LogP contribution in [0.1, 0.15) is 5.56 Å². The van der Waals surface area contributed by atoms with Gasteiger partial charge in [-0.3, -0.25) is 0 Å². The molecule has 0 aromatic heterocycles. The Morgan fingerprint density at radius 2 is 2.00 bits per heavy atom. The third-order valence-corrected chi connectivity index (χ3v) is 1.25. The first-order valence-electron chi connectivity index (χ1n) is 3.06. The number of aliphatic hydroxyl groups excluding tert-OH is 1. The van der Waals surface area contributed by atoms with Crippen LogP contribution >= 0.6 is 0 Å². The molecule has 2 N–H and O–H groups in total. The van der Waals surface area contributed by atoms with Crippen LogP contribution in [0.15, 0.2) is 24.3 Å². The van der Waals surface area contributed by atoms with Gasteiger partial charge in [-0.15, -0.1) is 0 Å². The average Bonchev–Trinajstić information content (AvgIpc) is 1.94. The van der Waals surface area contributed by atoms with Crippen molar-refractivity contribution in [1.82, 2.24) is 0 Å². The number of benzene rings is 1. The van der Waals surface area contributed by atoms with E-state index in [0.717, 1.165) is 0 Å². The van der Waals surface area contributed by atoms with Crippen molar-refractivity contribution >= 4 is 0 Å². The van der Waals surface area contributed by atoms with Crippen LogP contribution in [0.25, 0.3) is 0 Å². The van der Waals surface area contributed by atoms with Gasteiger partial charge in [-0.1, -0.05) is 18.2 Å². The Balaban J connectivity index is 2.81. The van der Waals surface area contributed by atoms with E-state index in [1.165, 1.54) is 0 Å². The first kappa shape index (κ1) is 7.09. The minimum absolute atomic E-state index is 0.0441. The molecule has 0 aliphatic rings. The zero-order valence-electron chi connectivity index (χ0n) is 5.49. The van der Waals surface area contributed by atoms with E-state index in [-0.39, 0.29) is 12.4 Å². The molecule has 0 amide bonds. The summed E-state index contributed by atoms with van der Waals surface area (Å²) in [6, 6.07) is 6.87. The molecule has 1 rings (SSSR count). The van der Waals surface area contributed by atoms with Crippen molar-refractivity contribution in [1.29, 1.82) is 0 Å². The van der Waals surface area contributed by atoms with Crippen LogP contribution in [0.4, 0.5) is 0 Å². The second-order valence-electron chi connectivity index (χ2n) is 1.95. The van der Waals surface area contributed by atoms with Gasteiger partial charge in [0.1, 0.15) is 5.75 Å². The quantitative estimate of drug-likeness (QED) is 0.636. The maximum absolute atomic E-state index is 9.10. The van der Waals surface area contributed by atoms with Crippen LogP contribution in [0.2, 0.25) is 0 Å². The van der Waals surface area contributed by atoms with Crippen LogP contribution in [0, 0.1) is 6.42 Å². The van der Waals surface area contributed by atoms with Crippen molar-refractivity contribution in [2.24, 2.45) is 0 Å². The molecule has 0 bridgehead atoms. The number of aliphatic hydroxyl groups is 1. The molecule has 0 saturated heterocycles. The fourth-order valence-electron chi connectivity index (χ4n) is 0.758. The molecule has 2 nitrogen and oxygen atoms in total. The van der Waals surface area contributed by atoms with E-state index in [9.17, 15) is 0 Å². The minimum Gasteiger partial charge on any atom is -0.508 e. The molecule has 1 aromatic rings. The maximum atomic E-state index is 9.10. The summed E-state index contributed by atoms with van der Waals surface area (Å²) >= 11 is 0. The third-order valence-electron chi connectivity index (χ3n) is 1.25. The Kier molecular flexibility index (Phi) is 2.29.